The molecule has 0 aliphatic carbocycles. The van der Waals surface area contributed by atoms with E-state index < -0.39 is 5.60 Å². The quantitative estimate of drug-likeness (QED) is 0.170. The van der Waals surface area contributed by atoms with Crippen molar-refractivity contribution in [1.29, 1.82) is 0 Å². The molecule has 0 saturated carbocycles. The molecular weight excluding hydrogens is 829 g/mol. The van der Waals surface area contributed by atoms with Crippen molar-refractivity contribution in [3.05, 3.63) is 70.5 Å². The molecule has 5 N–H and O–H groups in total. The fourth-order valence-corrected chi connectivity index (χ4v) is 9.88. The lowest BCUT2D eigenvalue weighted by Crippen LogP contribution is -2.50. The van der Waals surface area contributed by atoms with Gasteiger partial charge in [0.25, 0.3) is 5.91 Å². The van der Waals surface area contributed by atoms with Crippen LogP contribution in [0.2, 0.25) is 0 Å². The van der Waals surface area contributed by atoms with E-state index in [0.29, 0.717) is 100 Å². The molecule has 4 saturated heterocycles. The molecule has 0 radical (unpaired) electrons. The zero-order valence-corrected chi connectivity index (χ0v) is 37.6. The number of anilines is 3. The van der Waals surface area contributed by atoms with Gasteiger partial charge in [0, 0.05) is 110 Å². The minimum absolute atomic E-state index is 0.00114. The van der Waals surface area contributed by atoms with Gasteiger partial charge in [-0.2, -0.15) is 15.0 Å². The maximum atomic E-state index is 13.6. The highest BCUT2D eigenvalue weighted by Gasteiger charge is 2.38. The number of hydrogen-bond donors (Lipinski definition) is 4. The average molecular weight is 891 g/mol. The lowest BCUT2D eigenvalue weighted by Gasteiger charge is -2.41. The highest BCUT2D eigenvalue weighted by Crippen LogP contribution is 2.35. The number of aromatic nitrogens is 5. The average Bonchev–Trinajstić information content (AvgIpc) is 3.74. The molecule has 0 bridgehead atoms. The lowest BCUT2D eigenvalue weighted by molar-refractivity contribution is -0.138. The summed E-state index contributed by atoms with van der Waals surface area (Å²) >= 11 is 0. The van der Waals surface area contributed by atoms with Gasteiger partial charge in [-0.15, -0.1) is 0 Å². The van der Waals surface area contributed by atoms with Gasteiger partial charge < -0.3 is 50.3 Å². The lowest BCUT2D eigenvalue weighted by atomic mass is 9.87. The first-order chi connectivity index (χ1) is 31.4. The summed E-state index contributed by atoms with van der Waals surface area (Å²) in [5, 5.41) is 32.4. The highest BCUT2D eigenvalue weighted by molar-refractivity contribution is 5.97. The van der Waals surface area contributed by atoms with E-state index in [4.69, 9.17) is 25.4 Å². The topological polar surface area (TPSA) is 214 Å². The number of carbonyl (C=O) groups excluding carboxylic acids is 2. The summed E-state index contributed by atoms with van der Waals surface area (Å²) in [4.78, 5) is 62.6. The number of nitrogen functional groups attached to an aromatic ring is 1. The smallest absolute Gasteiger partial charge is 0.258 e. The molecule has 18 nitrogen and oxygen atoms in total. The minimum Gasteiger partial charge on any atom is -0.508 e. The third-order valence-electron chi connectivity index (χ3n) is 13.9. The van der Waals surface area contributed by atoms with Gasteiger partial charge in [-0.05, 0) is 65.8 Å². The number of aromatic hydroxyl groups is 2. The molecule has 0 spiro atoms. The van der Waals surface area contributed by atoms with E-state index in [1.807, 2.05) is 18.7 Å². The second-order valence-corrected chi connectivity index (χ2v) is 18.8. The molecule has 4 fully saturated rings. The number of phenols is 2. The van der Waals surface area contributed by atoms with Crippen LogP contribution in [0.15, 0.2) is 42.7 Å². The van der Waals surface area contributed by atoms with E-state index in [9.17, 15) is 24.9 Å². The second-order valence-electron chi connectivity index (χ2n) is 18.8. The predicted molar refractivity (Wildman–Crippen MR) is 244 cm³/mol. The summed E-state index contributed by atoms with van der Waals surface area (Å²) in [7, 11) is 0. The summed E-state index contributed by atoms with van der Waals surface area (Å²) in [6, 6.07) is 9.40. The van der Waals surface area contributed by atoms with Crippen molar-refractivity contribution in [3.8, 4) is 22.9 Å². The van der Waals surface area contributed by atoms with Crippen molar-refractivity contribution >= 4 is 29.7 Å². The van der Waals surface area contributed by atoms with Gasteiger partial charge in [0.05, 0.1) is 36.4 Å². The number of rotatable bonds is 11. The van der Waals surface area contributed by atoms with Crippen LogP contribution in [0.4, 0.5) is 17.8 Å². The van der Waals surface area contributed by atoms with Crippen molar-refractivity contribution in [2.75, 3.05) is 101 Å². The minimum atomic E-state index is -1.09. The van der Waals surface area contributed by atoms with Crippen LogP contribution in [-0.4, -0.2) is 162 Å². The Bertz CT molecular complexity index is 2340. The van der Waals surface area contributed by atoms with Gasteiger partial charge in [-0.1, -0.05) is 32.0 Å². The van der Waals surface area contributed by atoms with E-state index in [0.717, 1.165) is 76.3 Å². The van der Waals surface area contributed by atoms with Crippen LogP contribution in [0.25, 0.3) is 11.4 Å². The Kier molecular flexibility index (Phi) is 13.0. The summed E-state index contributed by atoms with van der Waals surface area (Å²) < 4.78 is 5.55. The number of likely N-dealkylation sites (tertiary alicyclic amines) is 1. The zero-order valence-electron chi connectivity index (χ0n) is 37.6. The number of nitrogens with zero attached hydrogens (tertiary/aromatic N) is 11. The number of amides is 2. The maximum Gasteiger partial charge on any atom is 0.258 e. The number of aliphatic hydroxyl groups is 1. The number of fused-ring (bicyclic) bond motifs is 1. The van der Waals surface area contributed by atoms with E-state index >= 15 is 0 Å². The third kappa shape index (κ3) is 10.2. The molecular formula is C47H62N12O6. The standard InChI is InChI=1S/C47H62N12O6/c1-31(2)37-22-38(40(61)23-39(37)60)43(63)59-29-34-4-3-33(21-35(34)30-59)28-55-15-13-54(14-16-55)27-32-5-9-56(10-6-32)41(62)24-47(64)7-11-57(12-8-47)45-51-42(36-25-49-44(48)50-26-36)52-46(53-45)58-17-19-65-20-18-58/h3-4,21-23,25-26,31-32,60-61,64H,5-20,24,27-30H2,1-2H3,(H2,48,49,50). The number of phenolic OH excluding ortho intramolecular Hbond substituents is 2. The van der Waals surface area contributed by atoms with Crippen LogP contribution < -0.4 is 15.5 Å². The van der Waals surface area contributed by atoms with Gasteiger partial charge in [-0.25, -0.2) is 9.97 Å². The number of morpholine rings is 1. The molecule has 2 amide bonds. The highest BCUT2D eigenvalue weighted by atomic mass is 16.5. The number of hydrogen-bond acceptors (Lipinski definition) is 16. The van der Waals surface area contributed by atoms with Crippen LogP contribution in [0.5, 0.6) is 11.5 Å². The SMILES string of the molecule is CC(C)c1cc(C(=O)N2Cc3ccc(CN4CCN(CC5CCN(C(=O)CC6(O)CCN(c7nc(-c8cnc(N)nc8)nc(N8CCOCC8)n7)CC6)CC5)CC4)cc3C2)c(O)cc1O. The van der Waals surface area contributed by atoms with E-state index in [1.165, 1.54) is 11.6 Å². The molecule has 5 aliphatic heterocycles. The Hall–Kier alpha value is -5.69. The van der Waals surface area contributed by atoms with Gasteiger partial charge in [0.1, 0.15) is 11.5 Å². The molecule has 18 heteroatoms. The summed E-state index contributed by atoms with van der Waals surface area (Å²) in [6.07, 6.45) is 6.11. The van der Waals surface area contributed by atoms with Gasteiger partial charge >= 0.3 is 0 Å². The first kappa shape index (κ1) is 44.5. The fourth-order valence-electron chi connectivity index (χ4n) is 9.88. The molecule has 9 rings (SSSR count). The molecule has 2 aromatic heterocycles. The van der Waals surface area contributed by atoms with Crippen LogP contribution in [0.3, 0.4) is 0 Å². The van der Waals surface area contributed by atoms with Crippen LogP contribution in [0, 0.1) is 5.92 Å². The van der Waals surface area contributed by atoms with Gasteiger partial charge in [0.15, 0.2) is 5.82 Å². The number of piperazine rings is 1. The number of piperidine rings is 2. The molecule has 2 aromatic carbocycles. The molecule has 7 heterocycles. The number of ether oxygens (including phenoxy) is 1. The Balaban J connectivity index is 0.708. The summed E-state index contributed by atoms with van der Waals surface area (Å²) in [5.74, 6) is 1.84. The number of carbonyl (C=O) groups is 2. The molecule has 65 heavy (non-hydrogen) atoms. The van der Waals surface area contributed by atoms with E-state index in [-0.39, 0.29) is 47.2 Å². The molecule has 5 aliphatic rings. The fraction of sp³-hybridized carbons (Fsp3) is 0.553. The summed E-state index contributed by atoms with van der Waals surface area (Å²) in [6.45, 7) is 15.7. The second kappa shape index (κ2) is 19.0. The van der Waals surface area contributed by atoms with Crippen molar-refractivity contribution in [1.82, 2.24) is 44.5 Å². The zero-order chi connectivity index (χ0) is 45.2. The van der Waals surface area contributed by atoms with Crippen molar-refractivity contribution in [2.24, 2.45) is 5.92 Å². The Morgan fingerprint density at radius 3 is 2.11 bits per heavy atom. The summed E-state index contributed by atoms with van der Waals surface area (Å²) in [5.41, 5.74) is 9.63. The molecule has 0 atom stereocenters. The van der Waals surface area contributed by atoms with E-state index in [2.05, 4.69) is 47.8 Å². The van der Waals surface area contributed by atoms with Crippen molar-refractivity contribution in [3.63, 3.8) is 0 Å². The van der Waals surface area contributed by atoms with Crippen LogP contribution in [0.1, 0.15) is 84.5 Å². The Morgan fingerprint density at radius 2 is 1.43 bits per heavy atom. The first-order valence-corrected chi connectivity index (χ1v) is 23.2. The maximum absolute atomic E-state index is 13.6. The van der Waals surface area contributed by atoms with Gasteiger partial charge in [-0.3, -0.25) is 14.5 Å². The molecule has 0 unspecified atom stereocenters. The van der Waals surface area contributed by atoms with Crippen molar-refractivity contribution in [2.45, 2.75) is 77.1 Å². The van der Waals surface area contributed by atoms with E-state index in [1.54, 1.807) is 23.4 Å². The largest absolute Gasteiger partial charge is 0.508 e. The molecule has 4 aromatic rings. The Morgan fingerprint density at radius 1 is 0.785 bits per heavy atom. The van der Waals surface area contributed by atoms with Crippen molar-refractivity contribution < 1.29 is 29.6 Å². The predicted octanol–water partition coefficient (Wildman–Crippen LogP) is 3.22. The normalized spacial score (nSPS) is 19.8. The third-order valence-corrected chi connectivity index (χ3v) is 13.9. The number of benzene rings is 2. The first-order valence-electron chi connectivity index (χ1n) is 23.2. The molecule has 346 valence electrons. The monoisotopic (exact) mass is 890 g/mol. The number of nitrogens with two attached hydrogens (primary N) is 1. The van der Waals surface area contributed by atoms with Gasteiger partial charge in [0.2, 0.25) is 23.8 Å². The van der Waals surface area contributed by atoms with Crippen LogP contribution >= 0.6 is 0 Å². The van der Waals surface area contributed by atoms with Crippen LogP contribution in [-0.2, 0) is 29.2 Å². The Labute approximate surface area is 380 Å².